The minimum absolute atomic E-state index is 0.0695. The number of hydrogen-bond donors (Lipinski definition) is 1. The Morgan fingerprint density at radius 3 is 2.69 bits per heavy atom. The number of anilines is 1. The summed E-state index contributed by atoms with van der Waals surface area (Å²) in [6.07, 6.45) is 10.9. The fourth-order valence-electron chi connectivity index (χ4n) is 7.69. The second-order valence-electron chi connectivity index (χ2n) is 13.8. The molecular weight excluding hydrogens is 641 g/mol. The molecule has 3 aliphatic rings. The SMILES string of the molecule is Cc1cc(-c2c(CCC3CCOCC3)nc3c(c2-c2cc4ccnc(NC5CCc6ncccc65)c4s2)S(=O)(=O)C[C@@H]3C(C)C)ncn1. The first-order valence-electron chi connectivity index (χ1n) is 17.0. The molecule has 48 heavy (non-hydrogen) atoms. The first-order valence-corrected chi connectivity index (χ1v) is 19.5. The lowest BCUT2D eigenvalue weighted by molar-refractivity contribution is 0.0639. The molecular formula is C37H40N6O3S2. The van der Waals surface area contributed by atoms with Gasteiger partial charge in [-0.25, -0.2) is 23.4 Å². The summed E-state index contributed by atoms with van der Waals surface area (Å²) in [5, 5.41) is 4.74. The monoisotopic (exact) mass is 680 g/mol. The van der Waals surface area contributed by atoms with E-state index in [-0.39, 0.29) is 23.6 Å². The Hall–Kier alpha value is -3.80. The third-order valence-corrected chi connectivity index (χ3v) is 13.3. The van der Waals surface area contributed by atoms with Crippen LogP contribution in [0.15, 0.2) is 53.9 Å². The summed E-state index contributed by atoms with van der Waals surface area (Å²) >= 11 is 1.59. The van der Waals surface area contributed by atoms with Crippen molar-refractivity contribution in [3.8, 4) is 21.7 Å². The summed E-state index contributed by atoms with van der Waals surface area (Å²) in [6.45, 7) is 7.71. The first-order chi connectivity index (χ1) is 23.3. The predicted molar refractivity (Wildman–Crippen MR) is 189 cm³/mol. The van der Waals surface area contributed by atoms with Crippen LogP contribution in [0.4, 0.5) is 5.82 Å². The van der Waals surface area contributed by atoms with Gasteiger partial charge in [0.25, 0.3) is 0 Å². The smallest absolute Gasteiger partial charge is 0.181 e. The van der Waals surface area contributed by atoms with Gasteiger partial charge in [-0.3, -0.25) is 9.97 Å². The molecule has 1 fully saturated rings. The molecule has 8 rings (SSSR count). The minimum atomic E-state index is -3.63. The summed E-state index contributed by atoms with van der Waals surface area (Å²) in [5.41, 5.74) is 7.03. The molecule has 248 valence electrons. The van der Waals surface area contributed by atoms with Gasteiger partial charge < -0.3 is 10.1 Å². The van der Waals surface area contributed by atoms with Crippen molar-refractivity contribution in [1.82, 2.24) is 24.9 Å². The van der Waals surface area contributed by atoms with Crippen LogP contribution in [0.5, 0.6) is 0 Å². The van der Waals surface area contributed by atoms with Crippen LogP contribution in [0.2, 0.25) is 0 Å². The summed E-state index contributed by atoms with van der Waals surface area (Å²) in [4.78, 5) is 25.1. The summed E-state index contributed by atoms with van der Waals surface area (Å²) in [6, 6.07) is 10.3. The van der Waals surface area contributed by atoms with Crippen LogP contribution in [0, 0.1) is 18.8 Å². The van der Waals surface area contributed by atoms with E-state index in [1.54, 1.807) is 17.7 Å². The van der Waals surface area contributed by atoms with Crippen LogP contribution in [-0.4, -0.2) is 52.3 Å². The normalized spacial score (nSPS) is 20.3. The molecule has 0 aromatic carbocycles. The number of aromatic nitrogens is 5. The molecule has 0 radical (unpaired) electrons. The maximum Gasteiger partial charge on any atom is 0.181 e. The van der Waals surface area contributed by atoms with Gasteiger partial charge in [0.1, 0.15) is 12.1 Å². The van der Waals surface area contributed by atoms with Crippen LogP contribution < -0.4 is 5.32 Å². The second kappa shape index (κ2) is 12.6. The average molecular weight is 681 g/mol. The van der Waals surface area contributed by atoms with Gasteiger partial charge in [0, 0.05) is 58.9 Å². The number of aryl methyl sites for hydroxylation is 3. The van der Waals surface area contributed by atoms with Gasteiger partial charge >= 0.3 is 0 Å². The highest BCUT2D eigenvalue weighted by Gasteiger charge is 2.42. The van der Waals surface area contributed by atoms with Crippen LogP contribution in [-0.2, 0) is 27.4 Å². The molecule has 0 saturated carbocycles. The molecule has 1 aliphatic carbocycles. The summed E-state index contributed by atoms with van der Waals surface area (Å²) < 4.78 is 35.1. The van der Waals surface area contributed by atoms with Crippen molar-refractivity contribution in [2.24, 2.45) is 11.8 Å². The molecule has 0 spiro atoms. The van der Waals surface area contributed by atoms with Crippen molar-refractivity contribution in [3.05, 3.63) is 77.4 Å². The van der Waals surface area contributed by atoms with Crippen molar-refractivity contribution in [1.29, 1.82) is 0 Å². The van der Waals surface area contributed by atoms with Gasteiger partial charge in [0.2, 0.25) is 0 Å². The number of hydrogen-bond acceptors (Lipinski definition) is 10. The highest BCUT2D eigenvalue weighted by molar-refractivity contribution is 7.92. The second-order valence-corrected chi connectivity index (χ2v) is 16.8. The van der Waals surface area contributed by atoms with E-state index in [9.17, 15) is 8.42 Å². The highest BCUT2D eigenvalue weighted by atomic mass is 32.2. The Kier molecular flexibility index (Phi) is 8.25. The summed E-state index contributed by atoms with van der Waals surface area (Å²) in [7, 11) is -3.63. The molecule has 2 atom stereocenters. The Labute approximate surface area is 285 Å². The number of pyridine rings is 3. The molecule has 11 heteroatoms. The van der Waals surface area contributed by atoms with E-state index in [0.29, 0.717) is 22.2 Å². The van der Waals surface area contributed by atoms with Crippen molar-refractivity contribution in [3.63, 3.8) is 0 Å². The largest absolute Gasteiger partial charge is 0.381 e. The lowest BCUT2D eigenvalue weighted by Gasteiger charge is -2.23. The molecule has 5 aromatic heterocycles. The third-order valence-electron chi connectivity index (χ3n) is 10.3. The molecule has 1 unspecified atom stereocenters. The Bertz CT molecular complexity index is 2120. The predicted octanol–water partition coefficient (Wildman–Crippen LogP) is 7.50. The van der Waals surface area contributed by atoms with Crippen molar-refractivity contribution in [2.45, 2.75) is 76.2 Å². The average Bonchev–Trinajstić information content (AvgIpc) is 3.78. The van der Waals surface area contributed by atoms with Crippen molar-refractivity contribution >= 4 is 37.1 Å². The molecule has 5 aromatic rings. The van der Waals surface area contributed by atoms with Crippen LogP contribution in [0.25, 0.3) is 31.8 Å². The van der Waals surface area contributed by atoms with E-state index in [4.69, 9.17) is 19.7 Å². The van der Waals surface area contributed by atoms with E-state index in [0.717, 1.165) is 101 Å². The number of ether oxygens (including phenoxy) is 1. The van der Waals surface area contributed by atoms with Crippen LogP contribution in [0.3, 0.4) is 0 Å². The number of fused-ring (bicyclic) bond motifs is 3. The van der Waals surface area contributed by atoms with Gasteiger partial charge in [0.15, 0.2) is 9.84 Å². The molecule has 9 nitrogen and oxygen atoms in total. The van der Waals surface area contributed by atoms with E-state index < -0.39 is 9.84 Å². The van der Waals surface area contributed by atoms with Crippen molar-refractivity contribution < 1.29 is 13.2 Å². The lowest BCUT2D eigenvalue weighted by Crippen LogP contribution is -2.17. The number of rotatable bonds is 8. The van der Waals surface area contributed by atoms with E-state index in [1.165, 1.54) is 5.56 Å². The standard InChI is InChI=1S/C37H40N6O3S2/c1-21(2)26-19-48(44,45)36-33(31-18-24-10-14-39-37(35(24)47-31)43-28-9-8-27-25(28)5-4-13-38-27)32(30-17-22(3)40-20-41-30)29(42-34(26)36)7-6-23-11-15-46-16-12-23/h4-5,10,13-14,17-18,20-21,23,26,28H,6-9,11-12,15-16,19H2,1-3H3,(H,39,43)/t26-,28?/m1/s1. The zero-order valence-electron chi connectivity index (χ0n) is 27.6. The zero-order valence-corrected chi connectivity index (χ0v) is 29.2. The molecule has 0 bridgehead atoms. The van der Waals surface area contributed by atoms with Gasteiger partial charge in [-0.1, -0.05) is 19.9 Å². The van der Waals surface area contributed by atoms with E-state index in [1.807, 2.05) is 37.5 Å². The molecule has 2 aliphatic heterocycles. The topological polar surface area (TPSA) is 120 Å². The molecule has 0 amide bonds. The van der Waals surface area contributed by atoms with E-state index in [2.05, 4.69) is 41.3 Å². The maximum absolute atomic E-state index is 14.2. The minimum Gasteiger partial charge on any atom is -0.381 e. The van der Waals surface area contributed by atoms with Gasteiger partial charge in [-0.15, -0.1) is 11.3 Å². The van der Waals surface area contributed by atoms with Crippen LogP contribution in [0.1, 0.15) is 79.8 Å². The fraction of sp³-hybridized carbons (Fsp3) is 0.432. The molecule has 1 saturated heterocycles. The van der Waals surface area contributed by atoms with Crippen molar-refractivity contribution in [2.75, 3.05) is 24.3 Å². The van der Waals surface area contributed by atoms with Gasteiger partial charge in [-0.05, 0) is 92.5 Å². The van der Waals surface area contributed by atoms with Crippen LogP contribution >= 0.6 is 11.3 Å². The Morgan fingerprint density at radius 1 is 1.02 bits per heavy atom. The molecule has 7 heterocycles. The fourth-order valence-corrected chi connectivity index (χ4v) is 11.1. The van der Waals surface area contributed by atoms with Gasteiger partial charge in [0.05, 0.1) is 38.5 Å². The maximum atomic E-state index is 14.2. The number of nitrogens with zero attached hydrogens (tertiary/aromatic N) is 5. The number of sulfone groups is 1. The third kappa shape index (κ3) is 5.69. The van der Waals surface area contributed by atoms with Gasteiger partial charge in [-0.2, -0.15) is 0 Å². The lowest BCUT2D eigenvalue weighted by atomic mass is 9.88. The number of nitrogens with one attached hydrogen (secondary N) is 1. The quantitative estimate of drug-likeness (QED) is 0.178. The number of thiophene rings is 1. The Morgan fingerprint density at radius 2 is 1.88 bits per heavy atom. The highest BCUT2D eigenvalue weighted by Crippen LogP contribution is 2.51. The summed E-state index contributed by atoms with van der Waals surface area (Å²) in [5.74, 6) is 1.37. The first kappa shape index (κ1) is 31.5. The molecule has 1 N–H and O–H groups in total. The Balaban J connectivity index is 1.33. The van der Waals surface area contributed by atoms with E-state index >= 15 is 0 Å². The zero-order chi connectivity index (χ0) is 33.0.